The number of carbonyl (C=O) groups is 1. The first-order valence-electron chi connectivity index (χ1n) is 10.2. The molecule has 0 saturated carbocycles. The third-order valence-corrected chi connectivity index (χ3v) is 7.77. The number of amides is 1. The lowest BCUT2D eigenvalue weighted by Crippen LogP contribution is -2.51. The van der Waals surface area contributed by atoms with Crippen molar-refractivity contribution in [1.82, 2.24) is 14.2 Å². The van der Waals surface area contributed by atoms with Gasteiger partial charge in [-0.05, 0) is 31.4 Å². The molecule has 0 bridgehead atoms. The molecule has 4 rings (SSSR count). The zero-order chi connectivity index (χ0) is 21.1. The summed E-state index contributed by atoms with van der Waals surface area (Å²) in [5.41, 5.74) is 0.472. The Hall–Kier alpha value is -2.07. The number of hydrogen-bond donors (Lipinski definition) is 0. The summed E-state index contributed by atoms with van der Waals surface area (Å²) in [5, 5.41) is 0.786. The lowest BCUT2D eigenvalue weighted by molar-refractivity contribution is -0.142. The monoisotopic (exact) mass is 433 g/mol. The lowest BCUT2D eigenvalue weighted by atomic mass is 10.0. The van der Waals surface area contributed by atoms with Crippen molar-refractivity contribution in [3.05, 3.63) is 36.5 Å². The predicted molar refractivity (Wildman–Crippen MR) is 111 cm³/mol. The molecule has 9 heteroatoms. The van der Waals surface area contributed by atoms with E-state index in [4.69, 9.17) is 9.47 Å². The van der Waals surface area contributed by atoms with Crippen LogP contribution in [-0.4, -0.2) is 80.6 Å². The van der Waals surface area contributed by atoms with Crippen molar-refractivity contribution in [2.24, 2.45) is 0 Å². The molecule has 2 fully saturated rings. The molecule has 3 heterocycles. The SMILES string of the molecule is COCC(=O)N(C1CCOCC1)C1CCN(S(=O)(=O)c2cccc3cccnc23)C1. The van der Waals surface area contributed by atoms with Gasteiger partial charge in [0.1, 0.15) is 11.5 Å². The maximum absolute atomic E-state index is 13.4. The Morgan fingerprint density at radius 1 is 1.20 bits per heavy atom. The number of nitrogens with zero attached hydrogens (tertiary/aromatic N) is 3. The number of methoxy groups -OCH3 is 1. The fourth-order valence-corrected chi connectivity index (χ4v) is 6.10. The van der Waals surface area contributed by atoms with Crippen molar-refractivity contribution < 1.29 is 22.7 Å². The molecule has 162 valence electrons. The van der Waals surface area contributed by atoms with Crippen LogP contribution in [0.2, 0.25) is 0 Å². The van der Waals surface area contributed by atoms with E-state index in [1.807, 2.05) is 17.0 Å². The van der Waals surface area contributed by atoms with Crippen LogP contribution in [0.25, 0.3) is 10.9 Å². The molecular formula is C21H27N3O5S. The van der Waals surface area contributed by atoms with Crippen LogP contribution in [0, 0.1) is 0 Å². The molecule has 30 heavy (non-hydrogen) atoms. The molecule has 2 saturated heterocycles. The highest BCUT2D eigenvalue weighted by Gasteiger charge is 2.40. The average Bonchev–Trinajstić information content (AvgIpc) is 3.25. The van der Waals surface area contributed by atoms with Crippen molar-refractivity contribution in [2.45, 2.75) is 36.2 Å². The van der Waals surface area contributed by atoms with Crippen LogP contribution in [0.5, 0.6) is 0 Å². The van der Waals surface area contributed by atoms with Crippen molar-refractivity contribution in [2.75, 3.05) is 40.0 Å². The number of ether oxygens (including phenoxy) is 2. The van der Waals surface area contributed by atoms with E-state index in [9.17, 15) is 13.2 Å². The van der Waals surface area contributed by atoms with Gasteiger partial charge in [0.25, 0.3) is 0 Å². The molecule has 0 spiro atoms. The molecule has 0 aliphatic carbocycles. The number of fused-ring (bicyclic) bond motifs is 1. The standard InChI is InChI=1S/C21H27N3O5S/c1-28-15-20(25)24(17-8-12-29-13-9-17)18-7-11-23(14-18)30(26,27)19-6-2-4-16-5-3-10-22-21(16)19/h2-6,10,17-18H,7-9,11-15H2,1H3. The van der Waals surface area contributed by atoms with Crippen LogP contribution >= 0.6 is 0 Å². The van der Waals surface area contributed by atoms with Crippen LogP contribution in [0.4, 0.5) is 0 Å². The number of pyridine rings is 1. The highest BCUT2D eigenvalue weighted by atomic mass is 32.2. The van der Waals surface area contributed by atoms with Crippen molar-refractivity contribution >= 4 is 26.8 Å². The molecular weight excluding hydrogens is 406 g/mol. The van der Waals surface area contributed by atoms with Gasteiger partial charge in [0.15, 0.2) is 0 Å². The largest absolute Gasteiger partial charge is 0.381 e. The Morgan fingerprint density at radius 3 is 2.73 bits per heavy atom. The van der Waals surface area contributed by atoms with Gasteiger partial charge in [0.05, 0.1) is 5.52 Å². The van der Waals surface area contributed by atoms with Crippen molar-refractivity contribution in [3.63, 3.8) is 0 Å². The fraction of sp³-hybridized carbons (Fsp3) is 0.524. The summed E-state index contributed by atoms with van der Waals surface area (Å²) in [6, 6.07) is 8.71. The Morgan fingerprint density at radius 2 is 1.97 bits per heavy atom. The van der Waals surface area contributed by atoms with Gasteiger partial charge in [0, 0.05) is 57.1 Å². The molecule has 1 aromatic heterocycles. The van der Waals surface area contributed by atoms with Crippen LogP contribution in [0.3, 0.4) is 0 Å². The number of sulfonamides is 1. The van der Waals surface area contributed by atoms with Gasteiger partial charge in [0.2, 0.25) is 15.9 Å². The topological polar surface area (TPSA) is 89.0 Å². The quantitative estimate of drug-likeness (QED) is 0.688. The second kappa shape index (κ2) is 8.97. The van der Waals surface area contributed by atoms with E-state index < -0.39 is 10.0 Å². The van der Waals surface area contributed by atoms with E-state index in [2.05, 4.69) is 4.98 Å². The third kappa shape index (κ3) is 4.07. The predicted octanol–water partition coefficient (Wildman–Crippen LogP) is 1.65. The average molecular weight is 434 g/mol. The van der Waals surface area contributed by atoms with Gasteiger partial charge in [-0.15, -0.1) is 0 Å². The number of para-hydroxylation sites is 1. The van der Waals surface area contributed by atoms with Gasteiger partial charge in [-0.25, -0.2) is 8.42 Å². The summed E-state index contributed by atoms with van der Waals surface area (Å²) in [6.07, 6.45) is 3.71. The zero-order valence-corrected chi connectivity index (χ0v) is 17.9. The minimum absolute atomic E-state index is 0.00610. The van der Waals surface area contributed by atoms with Crippen LogP contribution in [0.15, 0.2) is 41.4 Å². The molecule has 2 aliphatic rings. The number of aromatic nitrogens is 1. The summed E-state index contributed by atoms with van der Waals surface area (Å²) in [5.74, 6) is -0.0968. The molecule has 2 aromatic rings. The third-order valence-electron chi connectivity index (χ3n) is 5.87. The first kappa shape index (κ1) is 21.2. The Kier molecular flexibility index (Phi) is 6.33. The minimum atomic E-state index is -3.72. The van der Waals surface area contributed by atoms with E-state index in [0.29, 0.717) is 31.7 Å². The molecule has 0 radical (unpaired) electrons. The zero-order valence-electron chi connectivity index (χ0n) is 17.1. The second-order valence-electron chi connectivity index (χ2n) is 7.71. The highest BCUT2D eigenvalue weighted by molar-refractivity contribution is 7.89. The summed E-state index contributed by atoms with van der Waals surface area (Å²) in [7, 11) is -2.22. The molecule has 1 unspecified atom stereocenters. The molecule has 1 aromatic carbocycles. The van der Waals surface area contributed by atoms with E-state index in [1.54, 1.807) is 24.4 Å². The van der Waals surface area contributed by atoms with Crippen molar-refractivity contribution in [3.8, 4) is 0 Å². The minimum Gasteiger partial charge on any atom is -0.381 e. The normalized spacial score (nSPS) is 21.2. The van der Waals surface area contributed by atoms with E-state index in [0.717, 1.165) is 18.2 Å². The molecule has 8 nitrogen and oxygen atoms in total. The van der Waals surface area contributed by atoms with Gasteiger partial charge in [-0.2, -0.15) is 4.31 Å². The summed E-state index contributed by atoms with van der Waals surface area (Å²) in [6.45, 7) is 1.86. The van der Waals surface area contributed by atoms with Gasteiger partial charge in [-0.1, -0.05) is 18.2 Å². The number of carbonyl (C=O) groups excluding carboxylic acids is 1. The van der Waals surface area contributed by atoms with Gasteiger partial charge >= 0.3 is 0 Å². The van der Waals surface area contributed by atoms with E-state index in [-0.39, 0.29) is 36.0 Å². The van der Waals surface area contributed by atoms with E-state index in [1.165, 1.54) is 11.4 Å². The first-order chi connectivity index (χ1) is 14.5. The van der Waals surface area contributed by atoms with Crippen LogP contribution in [0.1, 0.15) is 19.3 Å². The Labute approximate surface area is 176 Å². The lowest BCUT2D eigenvalue weighted by Gasteiger charge is -2.38. The second-order valence-corrected chi connectivity index (χ2v) is 9.62. The van der Waals surface area contributed by atoms with E-state index >= 15 is 0 Å². The first-order valence-corrected chi connectivity index (χ1v) is 11.7. The molecule has 1 amide bonds. The smallest absolute Gasteiger partial charge is 0.249 e. The van der Waals surface area contributed by atoms with Gasteiger partial charge in [-0.3, -0.25) is 9.78 Å². The van der Waals surface area contributed by atoms with Gasteiger partial charge < -0.3 is 14.4 Å². The Bertz CT molecular complexity index is 1000. The molecule has 2 aliphatic heterocycles. The number of benzene rings is 1. The maximum Gasteiger partial charge on any atom is 0.249 e. The molecule has 1 atom stereocenters. The van der Waals surface area contributed by atoms with Crippen molar-refractivity contribution in [1.29, 1.82) is 0 Å². The maximum atomic E-state index is 13.4. The summed E-state index contributed by atoms with van der Waals surface area (Å²) in [4.78, 5) is 19.2. The highest BCUT2D eigenvalue weighted by Crippen LogP contribution is 2.30. The summed E-state index contributed by atoms with van der Waals surface area (Å²) < 4.78 is 38.9. The van der Waals surface area contributed by atoms with Crippen LogP contribution < -0.4 is 0 Å². The number of hydrogen-bond acceptors (Lipinski definition) is 6. The fourth-order valence-electron chi connectivity index (χ4n) is 4.45. The Balaban J connectivity index is 1.59. The number of rotatable bonds is 6. The summed E-state index contributed by atoms with van der Waals surface area (Å²) >= 11 is 0. The van der Waals surface area contributed by atoms with Crippen LogP contribution in [-0.2, 0) is 24.3 Å². The molecule has 0 N–H and O–H groups in total.